The largest absolute Gasteiger partial charge is 0.270 e. The van der Waals surface area contributed by atoms with Gasteiger partial charge in [-0.3, -0.25) is 10.1 Å². The SMILES string of the molecule is O=[N+]([O-])c1cccc(C=C=CC2=CC=CC2)c1. The number of nitro benzene ring substituents is 1. The lowest BCUT2D eigenvalue weighted by Crippen LogP contribution is -1.87. The van der Waals surface area contributed by atoms with Crippen molar-refractivity contribution in [3.05, 3.63) is 75.6 Å². The van der Waals surface area contributed by atoms with Gasteiger partial charge in [0.25, 0.3) is 5.69 Å². The van der Waals surface area contributed by atoms with Crippen LogP contribution in [0.5, 0.6) is 0 Å². The van der Waals surface area contributed by atoms with Gasteiger partial charge < -0.3 is 0 Å². The van der Waals surface area contributed by atoms with E-state index in [9.17, 15) is 10.1 Å². The highest BCUT2D eigenvalue weighted by Crippen LogP contribution is 2.14. The van der Waals surface area contributed by atoms with Gasteiger partial charge in [-0.15, -0.1) is 5.73 Å². The summed E-state index contributed by atoms with van der Waals surface area (Å²) < 4.78 is 0. The molecule has 0 N–H and O–H groups in total. The van der Waals surface area contributed by atoms with Gasteiger partial charge in [0.05, 0.1) is 4.92 Å². The molecule has 17 heavy (non-hydrogen) atoms. The van der Waals surface area contributed by atoms with Gasteiger partial charge >= 0.3 is 0 Å². The summed E-state index contributed by atoms with van der Waals surface area (Å²) in [5.74, 6) is 0. The normalized spacial score (nSPS) is 12.8. The lowest BCUT2D eigenvalue weighted by atomic mass is 10.2. The van der Waals surface area contributed by atoms with Crippen molar-refractivity contribution in [1.82, 2.24) is 0 Å². The van der Waals surface area contributed by atoms with E-state index in [1.165, 1.54) is 17.7 Å². The van der Waals surface area contributed by atoms with Gasteiger partial charge in [0.2, 0.25) is 0 Å². The fourth-order valence-corrected chi connectivity index (χ4v) is 1.54. The monoisotopic (exact) mass is 225 g/mol. The summed E-state index contributed by atoms with van der Waals surface area (Å²) in [5.41, 5.74) is 5.09. The fraction of sp³-hybridized carbons (Fsp3) is 0.0714. The maximum Gasteiger partial charge on any atom is 0.270 e. The molecule has 0 radical (unpaired) electrons. The van der Waals surface area contributed by atoms with Crippen LogP contribution >= 0.6 is 0 Å². The van der Waals surface area contributed by atoms with E-state index < -0.39 is 4.92 Å². The zero-order chi connectivity index (χ0) is 12.1. The Hall–Kier alpha value is -2.38. The van der Waals surface area contributed by atoms with Crippen LogP contribution in [-0.2, 0) is 0 Å². The highest BCUT2D eigenvalue weighted by Gasteiger charge is 2.03. The van der Waals surface area contributed by atoms with Crippen molar-refractivity contribution in [2.45, 2.75) is 6.42 Å². The topological polar surface area (TPSA) is 43.1 Å². The van der Waals surface area contributed by atoms with Crippen LogP contribution in [0.15, 0.2) is 59.9 Å². The summed E-state index contributed by atoms with van der Waals surface area (Å²) in [6.07, 6.45) is 10.6. The summed E-state index contributed by atoms with van der Waals surface area (Å²) in [6, 6.07) is 6.49. The molecule has 0 aromatic heterocycles. The Morgan fingerprint density at radius 3 is 2.94 bits per heavy atom. The van der Waals surface area contributed by atoms with E-state index >= 15 is 0 Å². The van der Waals surface area contributed by atoms with Crippen molar-refractivity contribution in [3.8, 4) is 0 Å². The van der Waals surface area contributed by atoms with Crippen LogP contribution in [0.2, 0.25) is 0 Å². The van der Waals surface area contributed by atoms with Crippen LogP contribution in [0, 0.1) is 10.1 Å². The minimum atomic E-state index is -0.398. The molecule has 0 spiro atoms. The van der Waals surface area contributed by atoms with E-state index in [0.29, 0.717) is 0 Å². The predicted molar refractivity (Wildman–Crippen MR) is 67.5 cm³/mol. The average Bonchev–Trinajstić information content (AvgIpc) is 2.82. The third-order valence-electron chi connectivity index (χ3n) is 2.40. The molecule has 0 unspecified atom stereocenters. The second-order valence-corrected chi connectivity index (χ2v) is 3.68. The van der Waals surface area contributed by atoms with Gasteiger partial charge in [0.15, 0.2) is 0 Å². The first kappa shape index (κ1) is 11.1. The standard InChI is InChI=1S/C14H11NO2/c16-15(17)14-10-4-9-13(11-14)8-3-7-12-5-1-2-6-12/h1-2,4-5,7-11H,6H2. The maximum atomic E-state index is 10.6. The molecule has 0 aliphatic heterocycles. The van der Waals surface area contributed by atoms with E-state index in [0.717, 1.165) is 12.0 Å². The number of hydrogen-bond acceptors (Lipinski definition) is 2. The molecule has 0 saturated carbocycles. The molecular formula is C14H11NO2. The zero-order valence-corrected chi connectivity index (χ0v) is 9.17. The number of allylic oxidation sites excluding steroid dienone is 5. The highest BCUT2D eigenvalue weighted by molar-refractivity contribution is 5.53. The number of nitrogens with zero attached hydrogens (tertiary/aromatic N) is 1. The summed E-state index contributed by atoms with van der Waals surface area (Å²) in [4.78, 5) is 10.2. The number of nitro groups is 1. The summed E-state index contributed by atoms with van der Waals surface area (Å²) >= 11 is 0. The van der Waals surface area contributed by atoms with Gasteiger partial charge in [-0.2, -0.15) is 0 Å². The Balaban J connectivity index is 2.15. The molecule has 1 aromatic rings. The minimum absolute atomic E-state index is 0.0994. The molecule has 3 nitrogen and oxygen atoms in total. The maximum absolute atomic E-state index is 10.6. The van der Waals surface area contributed by atoms with Crippen LogP contribution in [0.1, 0.15) is 12.0 Å². The van der Waals surface area contributed by atoms with E-state index in [4.69, 9.17) is 0 Å². The van der Waals surface area contributed by atoms with Gasteiger partial charge in [-0.1, -0.05) is 30.4 Å². The zero-order valence-electron chi connectivity index (χ0n) is 9.17. The van der Waals surface area contributed by atoms with Crippen molar-refractivity contribution in [3.63, 3.8) is 0 Å². The van der Waals surface area contributed by atoms with Crippen molar-refractivity contribution in [2.75, 3.05) is 0 Å². The molecule has 84 valence electrons. The first-order valence-electron chi connectivity index (χ1n) is 5.28. The predicted octanol–water partition coefficient (Wildman–Crippen LogP) is 3.65. The van der Waals surface area contributed by atoms with Crippen molar-refractivity contribution in [2.24, 2.45) is 0 Å². The molecule has 3 heteroatoms. The van der Waals surface area contributed by atoms with Crippen LogP contribution in [0.4, 0.5) is 5.69 Å². The first-order valence-corrected chi connectivity index (χ1v) is 5.28. The van der Waals surface area contributed by atoms with Crippen LogP contribution < -0.4 is 0 Å². The fourth-order valence-electron chi connectivity index (χ4n) is 1.54. The third kappa shape index (κ3) is 3.03. The number of hydrogen-bond donors (Lipinski definition) is 0. The van der Waals surface area contributed by atoms with Crippen molar-refractivity contribution >= 4 is 11.8 Å². The van der Waals surface area contributed by atoms with E-state index in [2.05, 4.69) is 11.8 Å². The van der Waals surface area contributed by atoms with E-state index in [-0.39, 0.29) is 5.69 Å². The minimum Gasteiger partial charge on any atom is -0.258 e. The summed E-state index contributed by atoms with van der Waals surface area (Å²) in [7, 11) is 0. The Labute approximate surface area is 99.2 Å². The van der Waals surface area contributed by atoms with E-state index in [1.807, 2.05) is 24.3 Å². The van der Waals surface area contributed by atoms with Crippen LogP contribution in [0.3, 0.4) is 0 Å². The molecular weight excluding hydrogens is 214 g/mol. The number of benzene rings is 1. The molecule has 0 fully saturated rings. The number of non-ortho nitro benzene ring substituents is 1. The van der Waals surface area contributed by atoms with Crippen LogP contribution in [0.25, 0.3) is 6.08 Å². The number of rotatable bonds is 3. The van der Waals surface area contributed by atoms with Gasteiger partial charge in [0, 0.05) is 12.1 Å². The summed E-state index contributed by atoms with van der Waals surface area (Å²) in [5, 5.41) is 10.6. The van der Waals surface area contributed by atoms with Crippen molar-refractivity contribution in [1.29, 1.82) is 0 Å². The Morgan fingerprint density at radius 2 is 2.24 bits per heavy atom. The molecule has 2 rings (SSSR count). The van der Waals surface area contributed by atoms with Gasteiger partial charge in [-0.25, -0.2) is 0 Å². The Bertz CT molecular complexity index is 561. The summed E-state index contributed by atoms with van der Waals surface area (Å²) in [6.45, 7) is 0. The molecule has 0 saturated heterocycles. The first-order chi connectivity index (χ1) is 8.25. The van der Waals surface area contributed by atoms with E-state index in [1.54, 1.807) is 12.1 Å². The molecule has 0 atom stereocenters. The molecule has 1 aliphatic carbocycles. The van der Waals surface area contributed by atoms with Gasteiger partial charge in [0.1, 0.15) is 0 Å². The molecule has 1 aliphatic rings. The highest BCUT2D eigenvalue weighted by atomic mass is 16.6. The third-order valence-corrected chi connectivity index (χ3v) is 2.40. The van der Waals surface area contributed by atoms with Crippen LogP contribution in [-0.4, -0.2) is 4.92 Å². The quantitative estimate of drug-likeness (QED) is 0.447. The lowest BCUT2D eigenvalue weighted by molar-refractivity contribution is -0.384. The molecule has 0 bridgehead atoms. The van der Waals surface area contributed by atoms with Gasteiger partial charge in [-0.05, 0) is 29.7 Å². The average molecular weight is 225 g/mol. The lowest BCUT2D eigenvalue weighted by Gasteiger charge is -1.92. The van der Waals surface area contributed by atoms with Crippen molar-refractivity contribution < 1.29 is 4.92 Å². The molecule has 0 amide bonds. The Kier molecular flexibility index (Phi) is 3.34. The smallest absolute Gasteiger partial charge is 0.258 e. The second kappa shape index (κ2) is 5.10. The molecule has 1 aromatic carbocycles. The molecule has 0 heterocycles. The second-order valence-electron chi connectivity index (χ2n) is 3.68. The Morgan fingerprint density at radius 1 is 1.35 bits per heavy atom.